The molecular weight excluding hydrogens is 468 g/mol. The number of hydrogen-bond acceptors (Lipinski definition) is 8. The SMILES string of the molecule is CCCOC(=O)c1c(NC(=O)c2cnn3c(-c4ccc(C)cc4)ccnc23)sc(C(=O)OC)c1C. The zero-order valence-corrected chi connectivity index (χ0v) is 20.6. The van der Waals surface area contributed by atoms with E-state index in [1.54, 1.807) is 17.6 Å². The van der Waals surface area contributed by atoms with Crippen LogP contribution in [0.4, 0.5) is 5.00 Å². The summed E-state index contributed by atoms with van der Waals surface area (Å²) < 4.78 is 11.7. The van der Waals surface area contributed by atoms with Gasteiger partial charge in [0.25, 0.3) is 5.91 Å². The lowest BCUT2D eigenvalue weighted by molar-refractivity contribution is 0.0506. The van der Waals surface area contributed by atoms with E-state index in [0.717, 1.165) is 28.2 Å². The zero-order chi connectivity index (χ0) is 25.1. The molecule has 9 nitrogen and oxygen atoms in total. The summed E-state index contributed by atoms with van der Waals surface area (Å²) in [5.41, 5.74) is 3.92. The number of nitrogens with one attached hydrogen (secondary N) is 1. The number of carbonyl (C=O) groups is 3. The van der Waals surface area contributed by atoms with Crippen LogP contribution in [0.25, 0.3) is 16.9 Å². The van der Waals surface area contributed by atoms with Crippen molar-refractivity contribution in [2.45, 2.75) is 27.2 Å². The molecule has 1 amide bonds. The van der Waals surface area contributed by atoms with Crippen LogP contribution in [0.3, 0.4) is 0 Å². The van der Waals surface area contributed by atoms with Crippen LogP contribution in [0.15, 0.2) is 42.7 Å². The van der Waals surface area contributed by atoms with Gasteiger partial charge in [0.1, 0.15) is 15.4 Å². The number of esters is 2. The van der Waals surface area contributed by atoms with E-state index in [2.05, 4.69) is 15.4 Å². The molecule has 4 rings (SSSR count). The van der Waals surface area contributed by atoms with Gasteiger partial charge in [0.2, 0.25) is 0 Å². The molecule has 35 heavy (non-hydrogen) atoms. The van der Waals surface area contributed by atoms with Crippen LogP contribution >= 0.6 is 11.3 Å². The predicted molar refractivity (Wildman–Crippen MR) is 132 cm³/mol. The first-order chi connectivity index (χ1) is 16.8. The molecule has 1 aromatic carbocycles. The summed E-state index contributed by atoms with van der Waals surface area (Å²) in [6, 6.07) is 9.76. The van der Waals surface area contributed by atoms with Gasteiger partial charge in [-0.2, -0.15) is 5.10 Å². The maximum Gasteiger partial charge on any atom is 0.348 e. The van der Waals surface area contributed by atoms with Crippen molar-refractivity contribution in [3.63, 3.8) is 0 Å². The summed E-state index contributed by atoms with van der Waals surface area (Å²) in [4.78, 5) is 42.8. The number of fused-ring (bicyclic) bond motifs is 1. The zero-order valence-electron chi connectivity index (χ0n) is 19.7. The highest BCUT2D eigenvalue weighted by molar-refractivity contribution is 7.18. The van der Waals surface area contributed by atoms with Crippen LogP contribution in [0.1, 0.15) is 54.9 Å². The Hall–Kier alpha value is -4.05. The first-order valence-corrected chi connectivity index (χ1v) is 11.8. The van der Waals surface area contributed by atoms with Crippen LogP contribution in [-0.4, -0.2) is 46.2 Å². The first-order valence-electron chi connectivity index (χ1n) is 11.0. The molecule has 10 heteroatoms. The number of aryl methyl sites for hydroxylation is 1. The number of hydrogen-bond donors (Lipinski definition) is 1. The second-order valence-electron chi connectivity index (χ2n) is 7.83. The molecule has 0 atom stereocenters. The van der Waals surface area contributed by atoms with Gasteiger partial charge in [-0.25, -0.2) is 19.1 Å². The van der Waals surface area contributed by atoms with Crippen LogP contribution in [0.5, 0.6) is 0 Å². The van der Waals surface area contributed by atoms with E-state index in [9.17, 15) is 14.4 Å². The van der Waals surface area contributed by atoms with E-state index in [1.807, 2.05) is 44.2 Å². The maximum atomic E-state index is 13.3. The van der Waals surface area contributed by atoms with Gasteiger partial charge >= 0.3 is 11.9 Å². The lowest BCUT2D eigenvalue weighted by atomic mass is 10.1. The van der Waals surface area contributed by atoms with Crippen molar-refractivity contribution in [3.8, 4) is 11.3 Å². The number of carbonyl (C=O) groups excluding carboxylic acids is 3. The number of methoxy groups -OCH3 is 1. The highest BCUT2D eigenvalue weighted by Crippen LogP contribution is 2.35. The fraction of sp³-hybridized carbons (Fsp3) is 0.240. The number of benzene rings is 1. The normalized spacial score (nSPS) is 10.9. The fourth-order valence-electron chi connectivity index (χ4n) is 3.57. The molecule has 0 saturated heterocycles. The van der Waals surface area contributed by atoms with Gasteiger partial charge in [-0.15, -0.1) is 11.3 Å². The maximum absolute atomic E-state index is 13.3. The van der Waals surface area contributed by atoms with E-state index in [-0.39, 0.29) is 27.6 Å². The number of ether oxygens (including phenoxy) is 2. The molecule has 0 aliphatic carbocycles. The number of aromatic nitrogens is 3. The second-order valence-corrected chi connectivity index (χ2v) is 8.85. The number of amides is 1. The molecule has 0 saturated carbocycles. The molecule has 180 valence electrons. The van der Waals surface area contributed by atoms with Crippen molar-refractivity contribution >= 4 is 39.8 Å². The van der Waals surface area contributed by atoms with Crippen molar-refractivity contribution in [1.29, 1.82) is 0 Å². The lowest BCUT2D eigenvalue weighted by Crippen LogP contribution is -2.15. The summed E-state index contributed by atoms with van der Waals surface area (Å²) >= 11 is 0.958. The molecule has 0 unspecified atom stereocenters. The quantitative estimate of drug-likeness (QED) is 0.373. The third-order valence-corrected chi connectivity index (χ3v) is 6.57. The van der Waals surface area contributed by atoms with E-state index >= 15 is 0 Å². The van der Waals surface area contributed by atoms with Crippen LogP contribution in [-0.2, 0) is 9.47 Å². The highest BCUT2D eigenvalue weighted by Gasteiger charge is 2.28. The molecule has 1 N–H and O–H groups in total. The molecule has 4 aromatic rings. The Morgan fingerprint density at radius 1 is 1.09 bits per heavy atom. The third-order valence-electron chi connectivity index (χ3n) is 5.38. The summed E-state index contributed by atoms with van der Waals surface area (Å²) in [5.74, 6) is -1.74. The van der Waals surface area contributed by atoms with Crippen molar-refractivity contribution in [1.82, 2.24) is 14.6 Å². The minimum Gasteiger partial charge on any atom is -0.465 e. The van der Waals surface area contributed by atoms with E-state index in [0.29, 0.717) is 17.6 Å². The molecule has 0 bridgehead atoms. The minimum absolute atomic E-state index is 0.127. The van der Waals surface area contributed by atoms with Gasteiger partial charge in [-0.3, -0.25) is 4.79 Å². The standard InChI is InChI=1S/C25H24N4O5S/c1-5-12-34-24(31)19-15(3)20(25(32)33-4)35-23(19)28-22(30)17-13-27-29-18(10-11-26-21(17)29)16-8-6-14(2)7-9-16/h6-11,13H,5,12H2,1-4H3,(H,28,30). The Balaban J connectivity index is 1.71. The Kier molecular flexibility index (Phi) is 6.92. The topological polar surface area (TPSA) is 112 Å². The predicted octanol–water partition coefficient (Wildman–Crippen LogP) is 4.68. The summed E-state index contributed by atoms with van der Waals surface area (Å²) in [5, 5.41) is 7.32. The van der Waals surface area contributed by atoms with Crippen molar-refractivity contribution < 1.29 is 23.9 Å². The average Bonchev–Trinajstić information content (AvgIpc) is 3.43. The summed E-state index contributed by atoms with van der Waals surface area (Å²) in [7, 11) is 1.26. The second kappa shape index (κ2) is 10.1. The number of nitrogens with zero attached hydrogens (tertiary/aromatic N) is 3. The fourth-order valence-corrected chi connectivity index (χ4v) is 4.67. The van der Waals surface area contributed by atoms with Gasteiger partial charge in [-0.05, 0) is 31.9 Å². The largest absolute Gasteiger partial charge is 0.465 e. The molecule has 0 radical (unpaired) electrons. The molecule has 3 heterocycles. The monoisotopic (exact) mass is 492 g/mol. The molecule has 0 aliphatic rings. The molecule has 0 aliphatic heterocycles. The molecule has 0 spiro atoms. The Bertz CT molecular complexity index is 1420. The van der Waals surface area contributed by atoms with E-state index < -0.39 is 17.8 Å². The van der Waals surface area contributed by atoms with Crippen LogP contribution < -0.4 is 5.32 Å². The molecule has 0 fully saturated rings. The first kappa shape index (κ1) is 24.1. The summed E-state index contributed by atoms with van der Waals surface area (Å²) in [6.45, 7) is 5.71. The Morgan fingerprint density at radius 2 is 1.83 bits per heavy atom. The van der Waals surface area contributed by atoms with Crippen LogP contribution in [0, 0.1) is 13.8 Å². The van der Waals surface area contributed by atoms with Gasteiger partial charge in [-0.1, -0.05) is 36.8 Å². The Labute approximate surface area is 205 Å². The smallest absolute Gasteiger partial charge is 0.348 e. The van der Waals surface area contributed by atoms with E-state index in [1.165, 1.54) is 13.3 Å². The van der Waals surface area contributed by atoms with Crippen molar-refractivity contribution in [2.75, 3.05) is 19.0 Å². The Morgan fingerprint density at radius 3 is 2.51 bits per heavy atom. The van der Waals surface area contributed by atoms with Gasteiger partial charge in [0.05, 0.1) is 31.2 Å². The third kappa shape index (κ3) is 4.65. The molecule has 3 aromatic heterocycles. The van der Waals surface area contributed by atoms with Crippen molar-refractivity contribution in [2.24, 2.45) is 0 Å². The van der Waals surface area contributed by atoms with Gasteiger partial charge < -0.3 is 14.8 Å². The summed E-state index contributed by atoms with van der Waals surface area (Å²) in [6.07, 6.45) is 3.67. The van der Waals surface area contributed by atoms with Crippen molar-refractivity contribution in [3.05, 3.63) is 69.9 Å². The minimum atomic E-state index is -0.620. The number of thiophene rings is 1. The lowest BCUT2D eigenvalue weighted by Gasteiger charge is -2.08. The van der Waals surface area contributed by atoms with Gasteiger partial charge in [0.15, 0.2) is 5.65 Å². The van der Waals surface area contributed by atoms with Gasteiger partial charge in [0, 0.05) is 11.8 Å². The average molecular weight is 493 g/mol. The highest BCUT2D eigenvalue weighted by atomic mass is 32.1. The van der Waals surface area contributed by atoms with E-state index in [4.69, 9.17) is 9.47 Å². The number of rotatable bonds is 7. The molecular formula is C25H24N4O5S. The van der Waals surface area contributed by atoms with Crippen LogP contribution in [0.2, 0.25) is 0 Å². The number of anilines is 1.